The average Bonchev–Trinajstić information content (AvgIpc) is 3.49. The lowest BCUT2D eigenvalue weighted by Gasteiger charge is -2.58. The minimum absolute atomic E-state index is 0.0518. The van der Waals surface area contributed by atoms with Crippen molar-refractivity contribution in [2.24, 2.45) is 28.6 Å². The van der Waals surface area contributed by atoms with Gasteiger partial charge in [0.2, 0.25) is 0 Å². The van der Waals surface area contributed by atoms with Gasteiger partial charge >= 0.3 is 0 Å². The fraction of sp³-hybridized carbons (Fsp3) is 0.586. The lowest BCUT2D eigenvalue weighted by Crippen LogP contribution is -2.51. The summed E-state index contributed by atoms with van der Waals surface area (Å²) in [6.45, 7) is 6.72. The molecule has 36 heavy (non-hydrogen) atoms. The smallest absolute Gasteiger partial charge is 0.253 e. The monoisotopic (exact) mass is 487 g/mol. The van der Waals surface area contributed by atoms with E-state index in [2.05, 4.69) is 51.1 Å². The highest BCUT2D eigenvalue weighted by Gasteiger charge is 2.57. The van der Waals surface area contributed by atoms with Gasteiger partial charge in [-0.05, 0) is 81.1 Å². The Balaban J connectivity index is 1.19. The van der Waals surface area contributed by atoms with Crippen LogP contribution in [0.25, 0.3) is 5.70 Å². The van der Waals surface area contributed by atoms with Gasteiger partial charge in [0.25, 0.3) is 5.91 Å². The first-order chi connectivity index (χ1) is 17.3. The van der Waals surface area contributed by atoms with Crippen LogP contribution in [-0.4, -0.2) is 36.8 Å². The van der Waals surface area contributed by atoms with E-state index in [1.165, 1.54) is 24.7 Å². The van der Waals surface area contributed by atoms with Crippen molar-refractivity contribution in [1.29, 1.82) is 0 Å². The van der Waals surface area contributed by atoms with Crippen molar-refractivity contribution in [2.75, 3.05) is 0 Å². The molecule has 0 aromatic carbocycles. The fourth-order valence-electron chi connectivity index (χ4n) is 8.11. The molecule has 2 aromatic rings. The Morgan fingerprint density at radius 2 is 1.97 bits per heavy atom. The number of allylic oxidation sites excluding steroid dienone is 3. The Hall–Kier alpha value is -2.80. The standard InChI is InChI=1S/C29H37N5O2/c1-18(35)25-16-34(17-30-25)26-7-6-23-22-5-4-20-14-21(33-27(36)19-10-13-31-32-15-19)8-11-28(20,2)24(22)9-12-29(23,26)3/h4,7,10,13,15-18,21-24,35H,5-6,8-9,11-12,14H2,1-3H3,(H,33,36)/t18?,21-,22?,23?,24?,28-,29-/m0/s1. The maximum Gasteiger partial charge on any atom is 0.253 e. The number of aromatic nitrogens is 4. The number of rotatable bonds is 4. The molecule has 2 aromatic heterocycles. The SMILES string of the molecule is CC(O)c1cn(C2=CCC3C4CC=C5C[C@@H](NC(=O)c6ccnnc6)CC[C@]5(C)C4CC[C@]23C)cn1. The summed E-state index contributed by atoms with van der Waals surface area (Å²) in [6.07, 6.45) is 19.2. The number of aliphatic hydroxyl groups excluding tert-OH is 1. The van der Waals surface area contributed by atoms with E-state index >= 15 is 0 Å². The number of nitrogens with one attached hydrogen (secondary N) is 1. The first-order valence-electron chi connectivity index (χ1n) is 13.5. The van der Waals surface area contributed by atoms with E-state index in [1.54, 1.807) is 24.8 Å². The highest BCUT2D eigenvalue weighted by Crippen LogP contribution is 2.65. The van der Waals surface area contributed by atoms with E-state index in [-0.39, 0.29) is 22.8 Å². The van der Waals surface area contributed by atoms with E-state index in [1.807, 2.05) is 12.5 Å². The predicted octanol–water partition coefficient (Wildman–Crippen LogP) is 4.94. The zero-order valence-electron chi connectivity index (χ0n) is 21.5. The van der Waals surface area contributed by atoms with Crippen molar-refractivity contribution >= 4 is 11.6 Å². The molecule has 0 spiro atoms. The third-order valence-corrected chi connectivity index (χ3v) is 10.1. The molecule has 0 aliphatic heterocycles. The molecule has 0 saturated heterocycles. The molecule has 2 N–H and O–H groups in total. The Bertz CT molecular complexity index is 1220. The number of amides is 1. The number of aliphatic hydroxyl groups is 1. The topological polar surface area (TPSA) is 92.9 Å². The molecule has 2 fully saturated rings. The van der Waals surface area contributed by atoms with Crippen molar-refractivity contribution in [2.45, 2.75) is 77.9 Å². The minimum Gasteiger partial charge on any atom is -0.387 e. The second-order valence-corrected chi connectivity index (χ2v) is 12.0. The summed E-state index contributed by atoms with van der Waals surface area (Å²) in [5, 5.41) is 20.8. The molecule has 7 nitrogen and oxygen atoms in total. The van der Waals surface area contributed by atoms with Gasteiger partial charge in [-0.25, -0.2) is 4.98 Å². The Morgan fingerprint density at radius 1 is 1.14 bits per heavy atom. The van der Waals surface area contributed by atoms with Gasteiger partial charge in [-0.2, -0.15) is 10.2 Å². The lowest BCUT2D eigenvalue weighted by molar-refractivity contribution is -0.0137. The van der Waals surface area contributed by atoms with Crippen LogP contribution in [0.3, 0.4) is 0 Å². The average molecular weight is 488 g/mol. The summed E-state index contributed by atoms with van der Waals surface area (Å²) in [5.41, 5.74) is 4.59. The molecule has 2 saturated carbocycles. The van der Waals surface area contributed by atoms with Gasteiger partial charge in [-0.3, -0.25) is 4.79 Å². The first-order valence-corrected chi connectivity index (χ1v) is 13.5. The Morgan fingerprint density at radius 3 is 2.72 bits per heavy atom. The van der Waals surface area contributed by atoms with Crippen LogP contribution in [0.15, 0.2) is 48.7 Å². The molecule has 7 heteroatoms. The molecule has 4 unspecified atom stereocenters. The molecule has 190 valence electrons. The highest BCUT2D eigenvalue weighted by atomic mass is 16.3. The van der Waals surface area contributed by atoms with Gasteiger partial charge in [0, 0.05) is 23.4 Å². The van der Waals surface area contributed by atoms with Gasteiger partial charge in [0.15, 0.2) is 0 Å². The lowest BCUT2D eigenvalue weighted by atomic mass is 9.47. The quantitative estimate of drug-likeness (QED) is 0.596. The molecule has 2 heterocycles. The number of carbonyl (C=O) groups is 1. The normalized spacial score (nSPS) is 36.1. The molecule has 6 rings (SSSR count). The van der Waals surface area contributed by atoms with Crippen molar-refractivity contribution in [3.63, 3.8) is 0 Å². The molecule has 4 aliphatic carbocycles. The van der Waals surface area contributed by atoms with E-state index in [0.29, 0.717) is 23.3 Å². The summed E-state index contributed by atoms with van der Waals surface area (Å²) < 4.78 is 2.17. The maximum atomic E-state index is 12.7. The number of hydrogen-bond acceptors (Lipinski definition) is 5. The van der Waals surface area contributed by atoms with Crippen LogP contribution >= 0.6 is 0 Å². The predicted molar refractivity (Wildman–Crippen MR) is 138 cm³/mol. The molecule has 4 aliphatic rings. The van der Waals surface area contributed by atoms with Crippen molar-refractivity contribution in [3.05, 3.63) is 60.0 Å². The molecular formula is C29H37N5O2. The summed E-state index contributed by atoms with van der Waals surface area (Å²) in [6, 6.07) is 1.90. The van der Waals surface area contributed by atoms with Gasteiger partial charge in [-0.1, -0.05) is 31.6 Å². The maximum absolute atomic E-state index is 12.7. The van der Waals surface area contributed by atoms with Gasteiger partial charge in [0.1, 0.15) is 0 Å². The summed E-state index contributed by atoms with van der Waals surface area (Å²) in [4.78, 5) is 17.2. The molecule has 0 radical (unpaired) electrons. The number of hydrogen-bond donors (Lipinski definition) is 2. The molecule has 7 atom stereocenters. The first kappa shape index (κ1) is 23.6. The second kappa shape index (κ2) is 8.65. The fourth-order valence-corrected chi connectivity index (χ4v) is 8.11. The molecule has 1 amide bonds. The van der Waals surface area contributed by atoms with Crippen LogP contribution in [0.5, 0.6) is 0 Å². The summed E-state index contributed by atoms with van der Waals surface area (Å²) in [7, 11) is 0. The van der Waals surface area contributed by atoms with Crippen molar-refractivity contribution in [1.82, 2.24) is 25.1 Å². The van der Waals surface area contributed by atoms with Crippen LogP contribution in [0.1, 0.15) is 87.9 Å². The van der Waals surface area contributed by atoms with E-state index in [4.69, 9.17) is 0 Å². The summed E-state index contributed by atoms with van der Waals surface area (Å²) in [5.74, 6) is 1.96. The molecule has 0 bridgehead atoms. The summed E-state index contributed by atoms with van der Waals surface area (Å²) >= 11 is 0. The number of imidazole rings is 1. The van der Waals surface area contributed by atoms with Crippen molar-refractivity contribution in [3.8, 4) is 0 Å². The zero-order valence-corrected chi connectivity index (χ0v) is 21.5. The van der Waals surface area contributed by atoms with Gasteiger partial charge in [0.05, 0.1) is 36.1 Å². The van der Waals surface area contributed by atoms with Crippen LogP contribution in [0, 0.1) is 28.6 Å². The van der Waals surface area contributed by atoms with Crippen LogP contribution in [0.2, 0.25) is 0 Å². The number of nitrogens with zero attached hydrogens (tertiary/aromatic N) is 4. The molecular weight excluding hydrogens is 450 g/mol. The largest absolute Gasteiger partial charge is 0.387 e. The van der Waals surface area contributed by atoms with Gasteiger partial charge in [-0.15, -0.1) is 0 Å². The third-order valence-electron chi connectivity index (χ3n) is 10.1. The van der Waals surface area contributed by atoms with E-state index in [9.17, 15) is 9.90 Å². The number of carbonyl (C=O) groups excluding carboxylic acids is 1. The number of fused-ring (bicyclic) bond motifs is 5. The Kier molecular flexibility index (Phi) is 5.67. The van der Waals surface area contributed by atoms with Crippen LogP contribution in [-0.2, 0) is 0 Å². The van der Waals surface area contributed by atoms with Crippen LogP contribution in [0.4, 0.5) is 0 Å². The van der Waals surface area contributed by atoms with Gasteiger partial charge < -0.3 is 15.0 Å². The minimum atomic E-state index is -0.546. The Labute approximate surface area is 213 Å². The third kappa shape index (κ3) is 3.66. The highest BCUT2D eigenvalue weighted by molar-refractivity contribution is 5.93. The zero-order chi connectivity index (χ0) is 25.1. The van der Waals surface area contributed by atoms with E-state index in [0.717, 1.165) is 37.8 Å². The van der Waals surface area contributed by atoms with Crippen molar-refractivity contribution < 1.29 is 9.90 Å². The van der Waals surface area contributed by atoms with Crippen LogP contribution < -0.4 is 5.32 Å². The van der Waals surface area contributed by atoms with E-state index < -0.39 is 6.10 Å². The second-order valence-electron chi connectivity index (χ2n) is 12.0.